The molecule has 1 saturated heterocycles. The van der Waals surface area contributed by atoms with Crippen molar-refractivity contribution < 1.29 is 5.11 Å². The summed E-state index contributed by atoms with van der Waals surface area (Å²) >= 11 is 0. The Morgan fingerprint density at radius 1 is 1.50 bits per heavy atom. The van der Waals surface area contributed by atoms with Gasteiger partial charge < -0.3 is 15.3 Å². The second kappa shape index (κ2) is 6.58. The Bertz CT molecular complexity index is 192. The van der Waals surface area contributed by atoms with Crippen LogP contribution in [0.25, 0.3) is 0 Å². The molecule has 96 valence electrons. The lowest BCUT2D eigenvalue weighted by atomic mass is 9.97. The lowest BCUT2D eigenvalue weighted by Gasteiger charge is -2.27. The lowest BCUT2D eigenvalue weighted by molar-refractivity contribution is 0.166. The highest BCUT2D eigenvalue weighted by Gasteiger charge is 2.23. The van der Waals surface area contributed by atoms with Crippen LogP contribution in [0.2, 0.25) is 0 Å². The fourth-order valence-corrected chi connectivity index (χ4v) is 2.43. The van der Waals surface area contributed by atoms with Crippen LogP contribution in [-0.2, 0) is 0 Å². The predicted octanol–water partition coefficient (Wildman–Crippen LogP) is 1.47. The fourth-order valence-electron chi connectivity index (χ4n) is 2.43. The summed E-state index contributed by atoms with van der Waals surface area (Å²) in [6.45, 7) is 8.35. The molecule has 2 unspecified atom stereocenters. The maximum Gasteiger partial charge on any atom is 0.0610 e. The Morgan fingerprint density at radius 3 is 2.75 bits per heavy atom. The molecule has 1 aliphatic rings. The number of hydrogen-bond donors (Lipinski definition) is 2. The minimum Gasteiger partial charge on any atom is -0.394 e. The third kappa shape index (κ3) is 4.04. The smallest absolute Gasteiger partial charge is 0.0610 e. The first-order valence-corrected chi connectivity index (χ1v) is 6.65. The molecule has 1 fully saturated rings. The average molecular weight is 228 g/mol. The molecule has 0 radical (unpaired) electrons. The first-order chi connectivity index (χ1) is 7.63. The topological polar surface area (TPSA) is 35.5 Å². The maximum absolute atomic E-state index is 9.28. The SMILES string of the molecule is CCC1CCN(CCCC(C)(CO)NC)C1. The summed E-state index contributed by atoms with van der Waals surface area (Å²) in [5.74, 6) is 0.925. The molecule has 2 atom stereocenters. The van der Waals surface area contributed by atoms with Gasteiger partial charge in [0.05, 0.1) is 6.61 Å². The quantitative estimate of drug-likeness (QED) is 0.692. The molecule has 1 rings (SSSR count). The number of hydrogen-bond acceptors (Lipinski definition) is 3. The van der Waals surface area contributed by atoms with Crippen LogP contribution in [-0.4, -0.2) is 48.8 Å². The van der Waals surface area contributed by atoms with E-state index in [4.69, 9.17) is 0 Å². The Labute approximate surface area is 100 Å². The van der Waals surface area contributed by atoms with E-state index in [9.17, 15) is 5.11 Å². The summed E-state index contributed by atoms with van der Waals surface area (Å²) in [6, 6.07) is 0. The maximum atomic E-state index is 9.28. The van der Waals surface area contributed by atoms with E-state index in [-0.39, 0.29) is 12.1 Å². The first-order valence-electron chi connectivity index (χ1n) is 6.65. The highest BCUT2D eigenvalue weighted by Crippen LogP contribution is 2.20. The number of likely N-dealkylation sites (tertiary alicyclic amines) is 1. The second-order valence-electron chi connectivity index (χ2n) is 5.44. The molecule has 0 aliphatic carbocycles. The standard InChI is InChI=1S/C13H28N2O/c1-4-12-6-9-15(10-12)8-5-7-13(2,11-16)14-3/h12,14,16H,4-11H2,1-3H3. The number of aliphatic hydroxyl groups is 1. The van der Waals surface area contributed by atoms with Crippen LogP contribution < -0.4 is 5.32 Å². The third-order valence-corrected chi connectivity index (χ3v) is 4.10. The third-order valence-electron chi connectivity index (χ3n) is 4.10. The molecule has 1 aliphatic heterocycles. The summed E-state index contributed by atoms with van der Waals surface area (Å²) < 4.78 is 0. The van der Waals surface area contributed by atoms with Gasteiger partial charge in [-0.1, -0.05) is 13.3 Å². The zero-order chi connectivity index (χ0) is 12.0. The van der Waals surface area contributed by atoms with E-state index >= 15 is 0 Å². The molecule has 3 nitrogen and oxygen atoms in total. The van der Waals surface area contributed by atoms with Gasteiger partial charge in [-0.3, -0.25) is 0 Å². The minimum absolute atomic E-state index is 0.0934. The molecule has 0 amide bonds. The number of aliphatic hydroxyl groups excluding tert-OH is 1. The zero-order valence-corrected chi connectivity index (χ0v) is 11.1. The Morgan fingerprint density at radius 2 is 2.25 bits per heavy atom. The van der Waals surface area contributed by atoms with Gasteiger partial charge in [0.1, 0.15) is 0 Å². The summed E-state index contributed by atoms with van der Waals surface area (Å²) in [7, 11) is 1.93. The van der Waals surface area contributed by atoms with E-state index in [2.05, 4.69) is 24.1 Å². The molecule has 0 saturated carbocycles. The van der Waals surface area contributed by atoms with Crippen LogP contribution >= 0.6 is 0 Å². The highest BCUT2D eigenvalue weighted by atomic mass is 16.3. The van der Waals surface area contributed by atoms with Crippen molar-refractivity contribution in [2.24, 2.45) is 5.92 Å². The average Bonchev–Trinajstić information content (AvgIpc) is 2.77. The predicted molar refractivity (Wildman–Crippen MR) is 68.6 cm³/mol. The van der Waals surface area contributed by atoms with E-state index in [1.807, 2.05) is 7.05 Å². The van der Waals surface area contributed by atoms with E-state index < -0.39 is 0 Å². The minimum atomic E-state index is -0.0934. The molecule has 0 aromatic rings. The van der Waals surface area contributed by atoms with E-state index in [0.717, 1.165) is 12.3 Å². The molecule has 1 heterocycles. The monoisotopic (exact) mass is 228 g/mol. The van der Waals surface area contributed by atoms with Gasteiger partial charge in [0.15, 0.2) is 0 Å². The van der Waals surface area contributed by atoms with Gasteiger partial charge in [-0.25, -0.2) is 0 Å². The molecule has 16 heavy (non-hydrogen) atoms. The van der Waals surface area contributed by atoms with Gasteiger partial charge in [0, 0.05) is 12.1 Å². The summed E-state index contributed by atoms with van der Waals surface area (Å²) in [5, 5.41) is 12.5. The number of rotatable bonds is 7. The van der Waals surface area contributed by atoms with Gasteiger partial charge >= 0.3 is 0 Å². The van der Waals surface area contributed by atoms with Crippen molar-refractivity contribution in [3.8, 4) is 0 Å². The van der Waals surface area contributed by atoms with Gasteiger partial charge in [-0.2, -0.15) is 0 Å². The molecule has 2 N–H and O–H groups in total. The molecule has 3 heteroatoms. The summed E-state index contributed by atoms with van der Waals surface area (Å²) in [4.78, 5) is 2.57. The van der Waals surface area contributed by atoms with E-state index in [1.54, 1.807) is 0 Å². The molecule has 0 aromatic carbocycles. The Kier molecular flexibility index (Phi) is 5.73. The second-order valence-corrected chi connectivity index (χ2v) is 5.44. The number of nitrogens with zero attached hydrogens (tertiary/aromatic N) is 1. The first kappa shape index (κ1) is 13.9. The molecule has 0 aromatic heterocycles. The fraction of sp³-hybridized carbons (Fsp3) is 1.00. The van der Waals surface area contributed by atoms with Crippen molar-refractivity contribution in [3.05, 3.63) is 0 Å². The van der Waals surface area contributed by atoms with E-state index in [1.165, 1.54) is 38.9 Å². The van der Waals surface area contributed by atoms with Crippen molar-refractivity contribution in [3.63, 3.8) is 0 Å². The van der Waals surface area contributed by atoms with E-state index in [0.29, 0.717) is 0 Å². The van der Waals surface area contributed by atoms with Crippen molar-refractivity contribution in [2.75, 3.05) is 33.3 Å². The van der Waals surface area contributed by atoms with Gasteiger partial charge in [-0.15, -0.1) is 0 Å². The van der Waals surface area contributed by atoms with Crippen LogP contribution in [0.1, 0.15) is 39.5 Å². The van der Waals surface area contributed by atoms with Crippen LogP contribution in [0, 0.1) is 5.92 Å². The van der Waals surface area contributed by atoms with Crippen molar-refractivity contribution in [1.29, 1.82) is 0 Å². The van der Waals surface area contributed by atoms with Gasteiger partial charge in [0.25, 0.3) is 0 Å². The Hall–Kier alpha value is -0.120. The Balaban J connectivity index is 2.16. The summed E-state index contributed by atoms with van der Waals surface area (Å²) in [5.41, 5.74) is -0.0934. The van der Waals surface area contributed by atoms with Gasteiger partial charge in [0.2, 0.25) is 0 Å². The lowest BCUT2D eigenvalue weighted by Crippen LogP contribution is -2.43. The van der Waals surface area contributed by atoms with Crippen LogP contribution in [0.5, 0.6) is 0 Å². The normalized spacial score (nSPS) is 25.9. The van der Waals surface area contributed by atoms with Crippen molar-refractivity contribution in [1.82, 2.24) is 10.2 Å². The van der Waals surface area contributed by atoms with Crippen molar-refractivity contribution in [2.45, 2.75) is 45.1 Å². The van der Waals surface area contributed by atoms with Crippen LogP contribution in [0.4, 0.5) is 0 Å². The van der Waals surface area contributed by atoms with Crippen LogP contribution in [0.3, 0.4) is 0 Å². The number of likely N-dealkylation sites (N-methyl/N-ethyl adjacent to an activating group) is 1. The van der Waals surface area contributed by atoms with Crippen LogP contribution in [0.15, 0.2) is 0 Å². The molecule has 0 bridgehead atoms. The molecular weight excluding hydrogens is 200 g/mol. The van der Waals surface area contributed by atoms with Crippen molar-refractivity contribution >= 4 is 0 Å². The van der Waals surface area contributed by atoms with Gasteiger partial charge in [-0.05, 0) is 52.2 Å². The zero-order valence-electron chi connectivity index (χ0n) is 11.1. The largest absolute Gasteiger partial charge is 0.394 e. The molecule has 0 spiro atoms. The molecular formula is C13H28N2O. The summed E-state index contributed by atoms with van der Waals surface area (Å²) in [6.07, 6.45) is 4.92. The highest BCUT2D eigenvalue weighted by molar-refractivity contribution is 4.81. The number of nitrogens with one attached hydrogen (secondary N) is 1.